The predicted octanol–water partition coefficient (Wildman–Crippen LogP) is 2.87. The second kappa shape index (κ2) is 6.54. The Hall–Kier alpha value is -3.14. The number of rotatable bonds is 3. The summed E-state index contributed by atoms with van der Waals surface area (Å²) in [5.74, 6) is -1.25. The number of hydrogen-bond donors (Lipinski definition) is 0. The number of nitrogens with zero attached hydrogens (tertiary/aromatic N) is 3. The van der Waals surface area contributed by atoms with Gasteiger partial charge in [-0.2, -0.15) is 5.26 Å². The lowest BCUT2D eigenvalue weighted by molar-refractivity contribution is -0.384. The Morgan fingerprint density at radius 2 is 2.04 bits per heavy atom. The topological polar surface area (TPSA) is 96.5 Å². The van der Waals surface area contributed by atoms with Gasteiger partial charge in [0, 0.05) is 30.6 Å². The van der Waals surface area contributed by atoms with Crippen LogP contribution in [0.2, 0.25) is 0 Å². The monoisotopic (exact) mass is 327 g/mol. The van der Waals surface area contributed by atoms with Gasteiger partial charge in [0.15, 0.2) is 0 Å². The SMILES string of the molecule is COC(=O)C1=C(C)N(C)C(C)=C(C#N)[C@H]1c1cccc([N+](=O)[O-])c1. The number of benzene rings is 1. The molecular weight excluding hydrogens is 310 g/mol. The van der Waals surface area contributed by atoms with Gasteiger partial charge in [-0.15, -0.1) is 0 Å². The van der Waals surface area contributed by atoms with Crippen LogP contribution < -0.4 is 0 Å². The van der Waals surface area contributed by atoms with Crippen molar-refractivity contribution in [2.75, 3.05) is 14.2 Å². The van der Waals surface area contributed by atoms with Gasteiger partial charge in [-0.05, 0) is 19.4 Å². The number of nitro benzene ring substituents is 1. The number of hydrogen-bond acceptors (Lipinski definition) is 6. The van der Waals surface area contributed by atoms with Crippen LogP contribution in [-0.4, -0.2) is 29.9 Å². The molecule has 0 aromatic heterocycles. The van der Waals surface area contributed by atoms with E-state index in [2.05, 4.69) is 6.07 Å². The molecule has 2 rings (SSSR count). The van der Waals surface area contributed by atoms with Crippen molar-refractivity contribution in [3.05, 3.63) is 62.5 Å². The lowest BCUT2D eigenvalue weighted by Crippen LogP contribution is -2.29. The van der Waals surface area contributed by atoms with Crippen LogP contribution in [0.1, 0.15) is 25.3 Å². The molecule has 0 amide bonds. The number of methoxy groups -OCH3 is 1. The fraction of sp³-hybridized carbons (Fsp3) is 0.294. The molecule has 0 bridgehead atoms. The van der Waals surface area contributed by atoms with Crippen LogP contribution in [0, 0.1) is 21.4 Å². The minimum absolute atomic E-state index is 0.0942. The van der Waals surface area contributed by atoms with E-state index in [0.717, 1.165) is 0 Å². The highest BCUT2D eigenvalue weighted by Crippen LogP contribution is 2.41. The average Bonchev–Trinajstić information content (AvgIpc) is 2.58. The van der Waals surface area contributed by atoms with E-state index in [1.165, 1.54) is 19.2 Å². The van der Waals surface area contributed by atoms with Gasteiger partial charge >= 0.3 is 5.97 Å². The van der Waals surface area contributed by atoms with E-state index in [4.69, 9.17) is 4.74 Å². The third kappa shape index (κ3) is 2.74. The number of ether oxygens (including phenoxy) is 1. The van der Waals surface area contributed by atoms with E-state index in [1.54, 1.807) is 37.9 Å². The second-order valence-electron chi connectivity index (χ2n) is 5.45. The van der Waals surface area contributed by atoms with Gasteiger partial charge in [0.25, 0.3) is 5.69 Å². The Labute approximate surface area is 139 Å². The molecule has 7 nitrogen and oxygen atoms in total. The third-order valence-electron chi connectivity index (χ3n) is 4.30. The quantitative estimate of drug-likeness (QED) is 0.481. The van der Waals surface area contributed by atoms with E-state index in [9.17, 15) is 20.2 Å². The van der Waals surface area contributed by atoms with E-state index in [1.807, 2.05) is 0 Å². The first-order valence-electron chi connectivity index (χ1n) is 7.21. The molecule has 0 saturated heterocycles. The summed E-state index contributed by atoms with van der Waals surface area (Å²) in [5.41, 5.74) is 2.43. The summed E-state index contributed by atoms with van der Waals surface area (Å²) in [6, 6.07) is 8.11. The molecule has 0 N–H and O–H groups in total. The first-order valence-corrected chi connectivity index (χ1v) is 7.21. The number of nitriles is 1. The van der Waals surface area contributed by atoms with E-state index in [-0.39, 0.29) is 5.69 Å². The molecule has 1 aliphatic heterocycles. The van der Waals surface area contributed by atoms with Crippen LogP contribution in [0.3, 0.4) is 0 Å². The van der Waals surface area contributed by atoms with Crippen molar-refractivity contribution >= 4 is 11.7 Å². The van der Waals surface area contributed by atoms with Crippen molar-refractivity contribution < 1.29 is 14.5 Å². The third-order valence-corrected chi connectivity index (χ3v) is 4.30. The lowest BCUT2D eigenvalue weighted by atomic mass is 9.80. The van der Waals surface area contributed by atoms with E-state index >= 15 is 0 Å². The second-order valence-corrected chi connectivity index (χ2v) is 5.45. The Kier molecular flexibility index (Phi) is 4.69. The van der Waals surface area contributed by atoms with Gasteiger partial charge < -0.3 is 9.64 Å². The van der Waals surface area contributed by atoms with Crippen molar-refractivity contribution in [1.82, 2.24) is 4.90 Å². The Morgan fingerprint density at radius 1 is 1.38 bits per heavy atom. The highest BCUT2D eigenvalue weighted by Gasteiger charge is 2.36. The van der Waals surface area contributed by atoms with Gasteiger partial charge in [-0.1, -0.05) is 12.1 Å². The van der Waals surface area contributed by atoms with Crippen LogP contribution in [0.25, 0.3) is 0 Å². The highest BCUT2D eigenvalue weighted by molar-refractivity contribution is 5.93. The zero-order chi connectivity index (χ0) is 18.0. The first kappa shape index (κ1) is 17.2. The van der Waals surface area contributed by atoms with Crippen molar-refractivity contribution in [3.63, 3.8) is 0 Å². The summed E-state index contributed by atoms with van der Waals surface area (Å²) in [6.45, 7) is 3.54. The molecule has 1 atom stereocenters. The largest absolute Gasteiger partial charge is 0.466 e. The van der Waals surface area contributed by atoms with Crippen molar-refractivity contribution in [2.45, 2.75) is 19.8 Å². The molecular formula is C17H17N3O4. The van der Waals surface area contributed by atoms with Gasteiger partial charge in [0.1, 0.15) is 0 Å². The summed E-state index contributed by atoms with van der Waals surface area (Å²) < 4.78 is 4.88. The molecule has 0 saturated carbocycles. The summed E-state index contributed by atoms with van der Waals surface area (Å²) >= 11 is 0. The van der Waals surface area contributed by atoms with E-state index in [0.29, 0.717) is 28.1 Å². The van der Waals surface area contributed by atoms with Gasteiger partial charge in [0.05, 0.1) is 35.2 Å². The molecule has 0 aliphatic carbocycles. The fourth-order valence-electron chi connectivity index (χ4n) is 2.85. The molecule has 1 heterocycles. The molecule has 1 aromatic carbocycles. The highest BCUT2D eigenvalue weighted by atomic mass is 16.6. The van der Waals surface area contributed by atoms with Crippen LogP contribution in [0.15, 0.2) is 46.8 Å². The normalized spacial score (nSPS) is 17.6. The number of esters is 1. The first-order chi connectivity index (χ1) is 11.3. The summed E-state index contributed by atoms with van der Waals surface area (Å²) in [7, 11) is 3.03. The molecule has 0 unspecified atom stereocenters. The Morgan fingerprint density at radius 3 is 2.58 bits per heavy atom. The van der Waals surface area contributed by atoms with E-state index < -0.39 is 16.8 Å². The minimum Gasteiger partial charge on any atom is -0.466 e. The average molecular weight is 327 g/mol. The molecule has 24 heavy (non-hydrogen) atoms. The van der Waals surface area contributed by atoms with Gasteiger partial charge in [0.2, 0.25) is 0 Å². The maximum atomic E-state index is 12.3. The molecule has 1 aliphatic rings. The van der Waals surface area contributed by atoms with Crippen molar-refractivity contribution in [2.24, 2.45) is 0 Å². The zero-order valence-electron chi connectivity index (χ0n) is 13.9. The maximum Gasteiger partial charge on any atom is 0.336 e. The molecule has 124 valence electrons. The number of allylic oxidation sites excluding steroid dienone is 3. The van der Waals surface area contributed by atoms with Crippen molar-refractivity contribution in [3.8, 4) is 6.07 Å². The number of carbonyl (C=O) groups is 1. The number of carbonyl (C=O) groups excluding carboxylic acids is 1. The van der Waals surface area contributed by atoms with Crippen molar-refractivity contribution in [1.29, 1.82) is 5.26 Å². The van der Waals surface area contributed by atoms with Crippen LogP contribution in [0.4, 0.5) is 5.69 Å². The molecule has 7 heteroatoms. The zero-order valence-corrected chi connectivity index (χ0v) is 13.9. The lowest BCUT2D eigenvalue weighted by Gasteiger charge is -2.34. The summed E-state index contributed by atoms with van der Waals surface area (Å²) in [6.07, 6.45) is 0. The number of non-ortho nitro benzene ring substituents is 1. The van der Waals surface area contributed by atoms with Crippen LogP contribution >= 0.6 is 0 Å². The minimum atomic E-state index is -0.696. The summed E-state index contributed by atoms with van der Waals surface area (Å²) in [5, 5.41) is 20.7. The Balaban J connectivity index is 2.74. The predicted molar refractivity (Wildman–Crippen MR) is 86.6 cm³/mol. The smallest absolute Gasteiger partial charge is 0.336 e. The maximum absolute atomic E-state index is 12.3. The fourth-order valence-corrected chi connectivity index (χ4v) is 2.85. The standard InChI is InChI=1S/C17H17N3O4/c1-10-14(9-18)16(12-6-5-7-13(8-12)20(22)23)15(17(21)24-4)11(2)19(10)3/h5-8,16H,1-4H3/t16-/m1/s1. The summed E-state index contributed by atoms with van der Waals surface area (Å²) in [4.78, 5) is 24.6. The van der Waals surface area contributed by atoms with Crippen LogP contribution in [0.5, 0.6) is 0 Å². The van der Waals surface area contributed by atoms with Gasteiger partial charge in [-0.3, -0.25) is 10.1 Å². The molecule has 1 aromatic rings. The molecule has 0 radical (unpaired) electrons. The Bertz CT molecular complexity index is 817. The molecule has 0 spiro atoms. The van der Waals surface area contributed by atoms with Crippen LogP contribution in [-0.2, 0) is 9.53 Å². The van der Waals surface area contributed by atoms with Gasteiger partial charge in [-0.25, -0.2) is 4.79 Å². The number of nitro groups is 1. The molecule has 0 fully saturated rings.